The lowest BCUT2D eigenvalue weighted by atomic mass is 9.99. The van der Waals surface area contributed by atoms with Crippen LogP contribution in [0.1, 0.15) is 36.0 Å². The maximum atomic E-state index is 6.11. The van der Waals surface area contributed by atoms with Crippen molar-refractivity contribution in [3.63, 3.8) is 0 Å². The Morgan fingerprint density at radius 1 is 1.23 bits per heavy atom. The molecule has 0 spiro atoms. The molecule has 3 aromatic heterocycles. The van der Waals surface area contributed by atoms with Crippen LogP contribution in [0.4, 0.5) is 0 Å². The molecular weight excluding hydrogens is 344 g/mol. The van der Waals surface area contributed by atoms with E-state index in [1.54, 1.807) is 23.7 Å². The number of aromatic nitrogens is 3. The molecule has 3 aromatic rings. The van der Waals surface area contributed by atoms with Crippen molar-refractivity contribution < 1.29 is 4.74 Å². The molecule has 0 amide bonds. The number of nitrogens with zero attached hydrogens (tertiary/aromatic N) is 4. The molecule has 1 aliphatic rings. The zero-order valence-corrected chi connectivity index (χ0v) is 16.3. The highest BCUT2D eigenvalue weighted by atomic mass is 32.1. The summed E-state index contributed by atoms with van der Waals surface area (Å²) >= 11 is 1.71. The van der Waals surface area contributed by atoms with E-state index >= 15 is 0 Å². The smallest absolute Gasteiger partial charge is 0.231 e. The molecule has 0 atom stereocenters. The van der Waals surface area contributed by atoms with E-state index in [-0.39, 0.29) is 0 Å². The van der Waals surface area contributed by atoms with Gasteiger partial charge in [0, 0.05) is 11.1 Å². The number of ether oxygens (including phenoxy) is 1. The van der Waals surface area contributed by atoms with Gasteiger partial charge >= 0.3 is 0 Å². The van der Waals surface area contributed by atoms with Crippen LogP contribution in [0, 0.1) is 19.8 Å². The molecular formula is C20H24N4OS. The number of hydrogen-bond acceptors (Lipinski definition) is 6. The predicted octanol–water partition coefficient (Wildman–Crippen LogP) is 4.73. The van der Waals surface area contributed by atoms with Crippen molar-refractivity contribution in [2.75, 3.05) is 13.1 Å². The Bertz CT molecular complexity index is 901. The lowest BCUT2D eigenvalue weighted by Crippen LogP contribution is -2.32. The monoisotopic (exact) mass is 368 g/mol. The fourth-order valence-corrected chi connectivity index (χ4v) is 4.38. The third-order valence-electron chi connectivity index (χ3n) is 5.13. The highest BCUT2D eigenvalue weighted by Crippen LogP contribution is 2.36. The maximum Gasteiger partial charge on any atom is 0.231 e. The first-order valence-electron chi connectivity index (χ1n) is 9.17. The van der Waals surface area contributed by atoms with Crippen LogP contribution >= 0.6 is 11.3 Å². The van der Waals surface area contributed by atoms with Crippen molar-refractivity contribution in [1.82, 2.24) is 19.9 Å². The number of thiophene rings is 1. The molecule has 0 unspecified atom stereocenters. The van der Waals surface area contributed by atoms with Crippen LogP contribution in [-0.4, -0.2) is 32.9 Å². The molecule has 1 fully saturated rings. The first-order valence-corrected chi connectivity index (χ1v) is 9.98. The van der Waals surface area contributed by atoms with Crippen LogP contribution in [0.15, 0.2) is 24.5 Å². The quantitative estimate of drug-likeness (QED) is 0.666. The second-order valence-corrected chi connectivity index (χ2v) is 8.36. The van der Waals surface area contributed by atoms with Crippen molar-refractivity contribution in [2.45, 2.75) is 40.2 Å². The first kappa shape index (κ1) is 17.4. The van der Waals surface area contributed by atoms with Gasteiger partial charge in [0.2, 0.25) is 5.88 Å². The molecule has 4 heterocycles. The number of rotatable bonds is 4. The molecule has 0 saturated carbocycles. The van der Waals surface area contributed by atoms with Gasteiger partial charge in [-0.05, 0) is 63.4 Å². The highest BCUT2D eigenvalue weighted by molar-refractivity contribution is 7.18. The Morgan fingerprint density at radius 3 is 2.77 bits per heavy atom. The van der Waals surface area contributed by atoms with Gasteiger partial charge in [0.25, 0.3) is 0 Å². The molecule has 0 aliphatic carbocycles. The lowest BCUT2D eigenvalue weighted by Gasteiger charge is -2.29. The van der Waals surface area contributed by atoms with Crippen LogP contribution in [-0.2, 0) is 6.54 Å². The topological polar surface area (TPSA) is 51.1 Å². The van der Waals surface area contributed by atoms with Crippen LogP contribution < -0.4 is 4.74 Å². The maximum absolute atomic E-state index is 6.11. The molecule has 0 bridgehead atoms. The van der Waals surface area contributed by atoms with Gasteiger partial charge in [0.05, 0.1) is 18.1 Å². The molecule has 1 saturated heterocycles. The van der Waals surface area contributed by atoms with Gasteiger partial charge in [0.15, 0.2) is 0 Å². The average Bonchev–Trinajstić information content (AvgIpc) is 2.92. The molecule has 6 heteroatoms. The van der Waals surface area contributed by atoms with E-state index in [1.807, 2.05) is 12.1 Å². The zero-order valence-electron chi connectivity index (χ0n) is 15.5. The molecule has 5 nitrogen and oxygen atoms in total. The SMILES string of the molecule is Cc1sc2nc(CN3CCC(C)CC3)nc(Oc3cccnc3)c2c1C. The minimum atomic E-state index is 0.644. The van der Waals surface area contributed by atoms with Crippen molar-refractivity contribution in [3.8, 4) is 11.6 Å². The van der Waals surface area contributed by atoms with Gasteiger partial charge in [-0.1, -0.05) is 6.92 Å². The molecule has 1 aliphatic heterocycles. The van der Waals surface area contributed by atoms with Gasteiger partial charge < -0.3 is 4.74 Å². The molecule has 0 aromatic carbocycles. The van der Waals surface area contributed by atoms with Crippen molar-refractivity contribution in [2.24, 2.45) is 5.92 Å². The molecule has 4 rings (SSSR count). The van der Waals surface area contributed by atoms with Crippen molar-refractivity contribution in [1.29, 1.82) is 0 Å². The van der Waals surface area contributed by atoms with Crippen molar-refractivity contribution >= 4 is 21.6 Å². The van der Waals surface area contributed by atoms with Gasteiger partial charge in [0.1, 0.15) is 16.4 Å². The Hall–Kier alpha value is -2.05. The minimum Gasteiger partial charge on any atom is -0.437 e. The van der Waals surface area contributed by atoms with Gasteiger partial charge in [-0.2, -0.15) is 4.98 Å². The summed E-state index contributed by atoms with van der Waals surface area (Å²) in [7, 11) is 0. The number of piperidine rings is 1. The average molecular weight is 369 g/mol. The summed E-state index contributed by atoms with van der Waals surface area (Å²) in [6, 6.07) is 3.77. The minimum absolute atomic E-state index is 0.644. The zero-order chi connectivity index (χ0) is 18.1. The summed E-state index contributed by atoms with van der Waals surface area (Å²) in [6.07, 6.45) is 5.95. The summed E-state index contributed by atoms with van der Waals surface area (Å²) < 4.78 is 6.11. The summed E-state index contributed by atoms with van der Waals surface area (Å²) in [5, 5.41) is 1.02. The van der Waals surface area contributed by atoms with Crippen LogP contribution in [0.2, 0.25) is 0 Å². The van der Waals surface area contributed by atoms with E-state index in [4.69, 9.17) is 14.7 Å². The summed E-state index contributed by atoms with van der Waals surface area (Å²) in [5.41, 5.74) is 1.20. The van der Waals surface area contributed by atoms with Gasteiger partial charge in [-0.25, -0.2) is 4.98 Å². The summed E-state index contributed by atoms with van der Waals surface area (Å²) in [6.45, 7) is 9.58. The lowest BCUT2D eigenvalue weighted by molar-refractivity contribution is 0.181. The number of likely N-dealkylation sites (tertiary alicyclic amines) is 1. The standard InChI is InChI=1S/C20H24N4OS/c1-13-6-9-24(10-7-13)12-17-22-19(25-16-5-4-8-21-11-16)18-14(2)15(3)26-20(18)23-17/h4-5,8,11,13H,6-7,9-10,12H2,1-3H3. The van der Waals surface area contributed by atoms with Crippen LogP contribution in [0.3, 0.4) is 0 Å². The van der Waals surface area contributed by atoms with E-state index in [2.05, 4.69) is 30.7 Å². The number of aryl methyl sites for hydroxylation is 2. The van der Waals surface area contributed by atoms with E-state index in [9.17, 15) is 0 Å². The second-order valence-electron chi connectivity index (χ2n) is 7.16. The fourth-order valence-electron chi connectivity index (χ4n) is 3.34. The fraction of sp³-hybridized carbons (Fsp3) is 0.450. The van der Waals surface area contributed by atoms with E-state index in [0.717, 1.165) is 41.6 Å². The number of pyridine rings is 1. The normalized spacial score (nSPS) is 16.3. The van der Waals surface area contributed by atoms with E-state index in [0.29, 0.717) is 11.6 Å². The Kier molecular flexibility index (Phi) is 4.87. The third kappa shape index (κ3) is 3.57. The first-order chi connectivity index (χ1) is 12.6. The largest absolute Gasteiger partial charge is 0.437 e. The predicted molar refractivity (Wildman–Crippen MR) is 105 cm³/mol. The molecule has 0 N–H and O–H groups in total. The van der Waals surface area contributed by atoms with Crippen molar-refractivity contribution in [3.05, 3.63) is 40.8 Å². The van der Waals surface area contributed by atoms with E-state index < -0.39 is 0 Å². The van der Waals surface area contributed by atoms with Gasteiger partial charge in [-0.15, -0.1) is 11.3 Å². The molecule has 0 radical (unpaired) electrons. The summed E-state index contributed by atoms with van der Waals surface area (Å²) in [5.74, 6) is 3.01. The molecule has 26 heavy (non-hydrogen) atoms. The van der Waals surface area contributed by atoms with E-state index in [1.165, 1.54) is 23.3 Å². The number of hydrogen-bond donors (Lipinski definition) is 0. The van der Waals surface area contributed by atoms with Gasteiger partial charge in [-0.3, -0.25) is 9.88 Å². The third-order valence-corrected chi connectivity index (χ3v) is 6.23. The van der Waals surface area contributed by atoms with Crippen LogP contribution in [0.5, 0.6) is 11.6 Å². The summed E-state index contributed by atoms with van der Waals surface area (Å²) in [4.78, 5) is 18.5. The Balaban J connectivity index is 1.68. The number of fused-ring (bicyclic) bond motifs is 1. The Labute approximate surface area is 158 Å². The second kappa shape index (κ2) is 7.29. The van der Waals surface area contributed by atoms with Crippen LogP contribution in [0.25, 0.3) is 10.2 Å². The molecule has 136 valence electrons. The highest BCUT2D eigenvalue weighted by Gasteiger charge is 2.20. The Morgan fingerprint density at radius 2 is 2.04 bits per heavy atom.